The van der Waals surface area contributed by atoms with E-state index in [-0.39, 0.29) is 28.0 Å². The second-order valence-corrected chi connectivity index (χ2v) is 6.88. The van der Waals surface area contributed by atoms with E-state index in [0.717, 1.165) is 0 Å². The zero-order chi connectivity index (χ0) is 15.9. The Morgan fingerprint density at radius 1 is 1.45 bits per heavy atom. The minimum absolute atomic E-state index is 0.0325. The highest BCUT2D eigenvalue weighted by Gasteiger charge is 2.59. The quantitative estimate of drug-likeness (QED) is 0.387. The molecule has 3 rings (SSSR count). The molecule has 0 bridgehead atoms. The number of anilines is 1. The van der Waals surface area contributed by atoms with Crippen LogP contribution in [-0.2, 0) is 26.0 Å². The Morgan fingerprint density at radius 3 is 2.77 bits per heavy atom. The van der Waals surface area contributed by atoms with Crippen LogP contribution in [0.4, 0.5) is 5.82 Å². The Bertz CT molecular complexity index is 639. The van der Waals surface area contributed by atoms with Crippen LogP contribution in [0.15, 0.2) is 0 Å². The third kappa shape index (κ3) is 2.60. The Labute approximate surface area is 142 Å². The normalized spacial score (nSPS) is 23.2. The highest BCUT2D eigenvalue weighted by atomic mass is 35.5. The number of halogens is 2. The van der Waals surface area contributed by atoms with Crippen LogP contribution in [-0.4, -0.2) is 40.8 Å². The van der Waals surface area contributed by atoms with Gasteiger partial charge in [-0.3, -0.25) is 0 Å². The van der Waals surface area contributed by atoms with Crippen LogP contribution in [0.3, 0.4) is 0 Å². The van der Waals surface area contributed by atoms with Gasteiger partial charge >= 0.3 is 16.7 Å². The molecule has 0 aromatic carbocycles. The average Bonchev–Trinajstić information content (AvgIpc) is 3.31. The van der Waals surface area contributed by atoms with Gasteiger partial charge < -0.3 is 9.64 Å². The summed E-state index contributed by atoms with van der Waals surface area (Å²) in [4.78, 5) is 10.5. The van der Waals surface area contributed by atoms with E-state index >= 15 is 0 Å². The van der Waals surface area contributed by atoms with Gasteiger partial charge in [0, 0.05) is 10.8 Å². The van der Waals surface area contributed by atoms with E-state index in [9.17, 15) is 4.21 Å². The molecule has 0 amide bonds. The Morgan fingerprint density at radius 2 is 2.18 bits per heavy atom. The minimum atomic E-state index is -0.680. The summed E-state index contributed by atoms with van der Waals surface area (Å²) in [6, 6.07) is 0.119. The number of hydrogen-bond donors (Lipinski definition) is 1. The molecule has 2 aliphatic rings. The lowest BCUT2D eigenvalue weighted by Crippen LogP contribution is -2.44. The lowest BCUT2D eigenvalue weighted by atomic mass is 10.0. The first kappa shape index (κ1) is 16.0. The number of aromatic nitrogens is 2. The van der Waals surface area contributed by atoms with E-state index in [1.165, 1.54) is 0 Å². The van der Waals surface area contributed by atoms with Crippen molar-refractivity contribution in [3.8, 4) is 0 Å². The molecule has 0 unspecified atom stereocenters. The molecule has 2 fully saturated rings. The maximum atomic E-state index is 11.1. The number of nitrogens with zero attached hydrogens (tertiary/aromatic N) is 3. The van der Waals surface area contributed by atoms with Crippen LogP contribution < -0.4 is 4.90 Å². The summed E-state index contributed by atoms with van der Waals surface area (Å²) < 4.78 is 16.5. The number of hydrogen-bond acceptors (Lipinski definition) is 6. The van der Waals surface area contributed by atoms with Crippen LogP contribution in [0.5, 0.6) is 0 Å². The largest absolute Gasteiger partial charge is 0.522 e. The van der Waals surface area contributed by atoms with Crippen molar-refractivity contribution >= 4 is 45.7 Å². The van der Waals surface area contributed by atoms with Gasteiger partial charge in [0.2, 0.25) is 5.28 Å². The number of nitrogens with one attached hydrogen (secondary N) is 1. The second-order valence-electron chi connectivity index (χ2n) is 5.59. The summed E-state index contributed by atoms with van der Waals surface area (Å²) in [7, 11) is 0. The topological polar surface area (TPSA) is 79.2 Å². The highest BCUT2D eigenvalue weighted by Crippen LogP contribution is 2.52. The second kappa shape index (κ2) is 5.96. The van der Waals surface area contributed by atoms with Crippen molar-refractivity contribution in [3.05, 3.63) is 16.0 Å². The predicted molar refractivity (Wildman–Crippen MR) is 86.4 cm³/mol. The zero-order valence-electron chi connectivity index (χ0n) is 11.9. The van der Waals surface area contributed by atoms with Gasteiger partial charge in [-0.25, -0.2) is 10.4 Å². The molecule has 118 valence electrons. The third-order valence-electron chi connectivity index (χ3n) is 4.17. The molecule has 1 aliphatic heterocycles. The molecule has 1 atom stereocenters. The summed E-state index contributed by atoms with van der Waals surface area (Å²) in [6.45, 7) is 3.86. The van der Waals surface area contributed by atoms with Crippen molar-refractivity contribution < 1.29 is 8.95 Å². The minimum Gasteiger partial charge on any atom is -0.377 e. The van der Waals surface area contributed by atoms with Crippen molar-refractivity contribution in [2.24, 2.45) is 0 Å². The molecule has 2 heterocycles. The zero-order valence-corrected chi connectivity index (χ0v) is 14.3. The average molecular weight is 362 g/mol. The first-order chi connectivity index (χ1) is 10.5. The SMILES string of the molecule is C[C@@H]1COCCN1c1nc(Cl)nc(C2(C(=N)[S+]=O)CC2)c1Cl. The number of rotatable bonds is 3. The molecule has 1 aromatic rings. The van der Waals surface area contributed by atoms with Crippen molar-refractivity contribution in [3.63, 3.8) is 0 Å². The molecular weight excluding hydrogens is 347 g/mol. The van der Waals surface area contributed by atoms with Crippen LogP contribution in [0.25, 0.3) is 0 Å². The van der Waals surface area contributed by atoms with Crippen molar-refractivity contribution in [2.45, 2.75) is 31.2 Å². The van der Waals surface area contributed by atoms with Crippen LogP contribution >= 0.6 is 23.2 Å². The van der Waals surface area contributed by atoms with E-state index in [4.69, 9.17) is 33.3 Å². The van der Waals surface area contributed by atoms with Crippen molar-refractivity contribution in [1.82, 2.24) is 9.97 Å². The summed E-state index contributed by atoms with van der Waals surface area (Å²) >= 11 is 12.8. The maximum absolute atomic E-state index is 11.1. The van der Waals surface area contributed by atoms with Gasteiger partial charge in [-0.2, -0.15) is 4.98 Å². The monoisotopic (exact) mass is 361 g/mol. The summed E-state index contributed by atoms with van der Waals surface area (Å²) in [5.74, 6) is 0.558. The van der Waals surface area contributed by atoms with Gasteiger partial charge in [-0.05, 0) is 31.4 Å². The first-order valence-electron chi connectivity index (χ1n) is 6.96. The fraction of sp³-hybridized carbons (Fsp3) is 0.615. The van der Waals surface area contributed by atoms with Gasteiger partial charge in [-0.1, -0.05) is 11.6 Å². The van der Waals surface area contributed by atoms with E-state index < -0.39 is 5.41 Å². The molecule has 0 spiro atoms. The third-order valence-corrected chi connectivity index (χ3v) is 5.24. The van der Waals surface area contributed by atoms with Crippen molar-refractivity contribution in [2.75, 3.05) is 24.7 Å². The van der Waals surface area contributed by atoms with Crippen LogP contribution in [0, 0.1) is 5.41 Å². The Kier molecular flexibility index (Phi) is 4.33. The molecule has 1 aromatic heterocycles. The fourth-order valence-electron chi connectivity index (χ4n) is 2.73. The standard InChI is InChI=1S/C13H15Cl2N4O2S/c1-7-6-21-5-4-19(7)10-8(14)9(17-12(15)18-10)13(2-3-13)11(16)22-20/h7,16H,2-6H2,1H3/q+1/t7-/m1/s1. The lowest BCUT2D eigenvalue weighted by Gasteiger charge is -2.35. The van der Waals surface area contributed by atoms with E-state index in [1.54, 1.807) is 0 Å². The van der Waals surface area contributed by atoms with Gasteiger partial charge in [0.05, 0.1) is 24.9 Å². The predicted octanol–water partition coefficient (Wildman–Crippen LogP) is 2.45. The molecular formula is C13H15Cl2N4O2S+. The fourth-order valence-corrected chi connectivity index (χ4v) is 3.73. The molecule has 6 nitrogen and oxygen atoms in total. The maximum Gasteiger partial charge on any atom is 0.522 e. The molecule has 0 radical (unpaired) electrons. The summed E-state index contributed by atoms with van der Waals surface area (Å²) in [5, 5.41) is 8.42. The summed E-state index contributed by atoms with van der Waals surface area (Å²) in [5.41, 5.74) is -0.184. The van der Waals surface area contributed by atoms with Gasteiger partial charge in [0.15, 0.2) is 5.82 Å². The van der Waals surface area contributed by atoms with Crippen molar-refractivity contribution in [1.29, 1.82) is 5.41 Å². The van der Waals surface area contributed by atoms with Gasteiger partial charge in [0.1, 0.15) is 10.4 Å². The molecule has 1 saturated carbocycles. The van der Waals surface area contributed by atoms with E-state index in [2.05, 4.69) is 9.97 Å². The Balaban J connectivity index is 2.06. The number of ether oxygens (including phenoxy) is 1. The Hall–Kier alpha value is -0.890. The van der Waals surface area contributed by atoms with Gasteiger partial charge in [-0.15, -0.1) is 0 Å². The highest BCUT2D eigenvalue weighted by molar-refractivity contribution is 7.83. The molecule has 1 N–H and O–H groups in total. The number of morpholine rings is 1. The van der Waals surface area contributed by atoms with E-state index in [1.807, 2.05) is 11.8 Å². The smallest absolute Gasteiger partial charge is 0.377 e. The first-order valence-corrected chi connectivity index (χ1v) is 8.46. The summed E-state index contributed by atoms with van der Waals surface area (Å²) in [6.07, 6.45) is 1.37. The van der Waals surface area contributed by atoms with Gasteiger partial charge in [0.25, 0.3) is 0 Å². The van der Waals surface area contributed by atoms with Crippen LogP contribution in [0.1, 0.15) is 25.5 Å². The molecule has 1 aliphatic carbocycles. The molecule has 9 heteroatoms. The molecule has 22 heavy (non-hydrogen) atoms. The van der Waals surface area contributed by atoms with Crippen LogP contribution in [0.2, 0.25) is 10.3 Å². The van der Waals surface area contributed by atoms with E-state index in [0.29, 0.717) is 49.1 Å². The lowest BCUT2D eigenvalue weighted by molar-refractivity contribution is 0.0985. The molecule has 1 saturated heterocycles.